The summed E-state index contributed by atoms with van der Waals surface area (Å²) < 4.78 is 10.0. The topological polar surface area (TPSA) is 81.7 Å². The van der Waals surface area contributed by atoms with Crippen molar-refractivity contribution in [2.24, 2.45) is 0 Å². The molecule has 0 bridgehead atoms. The van der Waals surface area contributed by atoms with E-state index < -0.39 is 17.7 Å². The molecule has 0 spiro atoms. The molecule has 0 aromatic heterocycles. The van der Waals surface area contributed by atoms with E-state index in [-0.39, 0.29) is 25.4 Å². The van der Waals surface area contributed by atoms with Gasteiger partial charge in [-0.15, -0.1) is 0 Å². The fourth-order valence-electron chi connectivity index (χ4n) is 2.36. The van der Waals surface area contributed by atoms with Gasteiger partial charge in [0, 0.05) is 12.1 Å². The molecule has 1 amide bonds. The van der Waals surface area contributed by atoms with Crippen molar-refractivity contribution in [1.82, 2.24) is 5.32 Å². The molecule has 2 rings (SSSR count). The smallest absolute Gasteiger partial charge is 0.407 e. The highest BCUT2D eigenvalue weighted by molar-refractivity contribution is 5.98. The third-order valence-corrected chi connectivity index (χ3v) is 3.68. The van der Waals surface area contributed by atoms with Crippen molar-refractivity contribution in [2.75, 3.05) is 13.2 Å². The van der Waals surface area contributed by atoms with Gasteiger partial charge in [0.05, 0.1) is 6.42 Å². The lowest BCUT2D eigenvalue weighted by molar-refractivity contribution is -0.142. The SMILES string of the molecule is CC(C)(C)OC(=O)NCCC(=O)OCC(=O)c1ccc(-c2ccccc2)cc1. The van der Waals surface area contributed by atoms with Crippen molar-refractivity contribution in [3.05, 3.63) is 60.2 Å². The Morgan fingerprint density at radius 1 is 0.893 bits per heavy atom. The first-order valence-corrected chi connectivity index (χ1v) is 9.06. The average Bonchev–Trinajstić information content (AvgIpc) is 2.65. The van der Waals surface area contributed by atoms with Gasteiger partial charge in [0.1, 0.15) is 5.60 Å². The molecule has 28 heavy (non-hydrogen) atoms. The standard InChI is InChI=1S/C22H25NO5/c1-22(2,3)28-21(26)23-14-13-20(25)27-15-19(24)18-11-9-17(10-12-18)16-7-5-4-6-8-16/h4-12H,13-15H2,1-3H3,(H,23,26). The Balaban J connectivity index is 1.74. The number of ketones is 1. The van der Waals surface area contributed by atoms with Crippen LogP contribution in [0.25, 0.3) is 11.1 Å². The number of hydrogen-bond donors (Lipinski definition) is 1. The first-order valence-electron chi connectivity index (χ1n) is 9.06. The molecular formula is C22H25NO5. The van der Waals surface area contributed by atoms with Crippen LogP contribution in [0, 0.1) is 0 Å². The summed E-state index contributed by atoms with van der Waals surface area (Å²) in [5.74, 6) is -0.849. The summed E-state index contributed by atoms with van der Waals surface area (Å²) in [7, 11) is 0. The first kappa shape index (κ1) is 21.2. The number of hydrogen-bond acceptors (Lipinski definition) is 5. The summed E-state index contributed by atoms with van der Waals surface area (Å²) in [4.78, 5) is 35.4. The number of ether oxygens (including phenoxy) is 2. The van der Waals surface area contributed by atoms with Crippen LogP contribution in [-0.4, -0.2) is 36.6 Å². The van der Waals surface area contributed by atoms with Crippen molar-refractivity contribution in [1.29, 1.82) is 0 Å². The summed E-state index contributed by atoms with van der Waals surface area (Å²) in [5.41, 5.74) is 1.93. The van der Waals surface area contributed by atoms with Crippen LogP contribution in [0.2, 0.25) is 0 Å². The number of rotatable bonds is 7. The Labute approximate surface area is 164 Å². The van der Waals surface area contributed by atoms with Gasteiger partial charge < -0.3 is 14.8 Å². The number of benzene rings is 2. The second-order valence-corrected chi connectivity index (χ2v) is 7.21. The fraction of sp³-hybridized carbons (Fsp3) is 0.318. The first-order chi connectivity index (χ1) is 13.2. The van der Waals surface area contributed by atoms with Crippen molar-refractivity contribution in [2.45, 2.75) is 32.8 Å². The monoisotopic (exact) mass is 383 g/mol. The fourth-order valence-corrected chi connectivity index (χ4v) is 2.36. The maximum absolute atomic E-state index is 12.2. The van der Waals surface area contributed by atoms with E-state index in [9.17, 15) is 14.4 Å². The van der Waals surface area contributed by atoms with Crippen molar-refractivity contribution in [3.63, 3.8) is 0 Å². The zero-order chi connectivity index (χ0) is 20.6. The number of amides is 1. The Kier molecular flexibility index (Phi) is 7.32. The van der Waals surface area contributed by atoms with Crippen LogP contribution < -0.4 is 5.32 Å². The number of nitrogens with one attached hydrogen (secondary N) is 1. The van der Waals surface area contributed by atoms with Gasteiger partial charge in [0.2, 0.25) is 0 Å². The number of carbonyl (C=O) groups is 3. The minimum Gasteiger partial charge on any atom is -0.457 e. The van der Waals surface area contributed by atoms with Gasteiger partial charge in [-0.25, -0.2) is 4.79 Å². The molecule has 2 aromatic carbocycles. The average molecular weight is 383 g/mol. The van der Waals surface area contributed by atoms with E-state index in [0.717, 1.165) is 11.1 Å². The lowest BCUT2D eigenvalue weighted by Gasteiger charge is -2.19. The lowest BCUT2D eigenvalue weighted by Crippen LogP contribution is -2.33. The molecule has 6 nitrogen and oxygen atoms in total. The minimum absolute atomic E-state index is 0.0422. The molecule has 148 valence electrons. The van der Waals surface area contributed by atoms with Gasteiger partial charge in [0.25, 0.3) is 0 Å². The van der Waals surface area contributed by atoms with Crippen LogP contribution in [0.3, 0.4) is 0 Å². The van der Waals surface area contributed by atoms with Crippen LogP contribution in [0.4, 0.5) is 4.79 Å². The summed E-state index contributed by atoms with van der Waals surface area (Å²) in [6.07, 6.45) is -0.644. The molecule has 0 unspecified atom stereocenters. The second kappa shape index (κ2) is 9.69. The molecule has 6 heteroatoms. The Morgan fingerprint density at radius 3 is 2.11 bits per heavy atom. The third kappa shape index (κ3) is 7.23. The van der Waals surface area contributed by atoms with Crippen molar-refractivity contribution in [3.8, 4) is 11.1 Å². The predicted octanol–water partition coefficient (Wildman–Crippen LogP) is 3.99. The van der Waals surface area contributed by atoms with Gasteiger partial charge in [-0.3, -0.25) is 9.59 Å². The summed E-state index contributed by atoms with van der Waals surface area (Å²) >= 11 is 0. The summed E-state index contributed by atoms with van der Waals surface area (Å²) in [6.45, 7) is 4.99. The number of carbonyl (C=O) groups excluding carboxylic acids is 3. The Bertz CT molecular complexity index is 807. The Hall–Kier alpha value is -3.15. The largest absolute Gasteiger partial charge is 0.457 e. The van der Waals surface area contributed by atoms with Gasteiger partial charge in [-0.05, 0) is 31.9 Å². The van der Waals surface area contributed by atoms with Gasteiger partial charge in [0.15, 0.2) is 12.4 Å². The van der Waals surface area contributed by atoms with Gasteiger partial charge >= 0.3 is 12.1 Å². The molecule has 0 aliphatic carbocycles. The van der Waals surface area contributed by atoms with Crippen LogP contribution in [0.5, 0.6) is 0 Å². The molecule has 0 heterocycles. The zero-order valence-corrected chi connectivity index (χ0v) is 16.4. The van der Waals surface area contributed by atoms with Crippen molar-refractivity contribution < 1.29 is 23.9 Å². The normalized spacial score (nSPS) is 10.8. The molecule has 0 saturated heterocycles. The molecule has 2 aromatic rings. The third-order valence-electron chi connectivity index (χ3n) is 3.68. The highest BCUT2D eigenvalue weighted by Crippen LogP contribution is 2.19. The number of Topliss-reactive ketones (excluding diaryl/α,β-unsaturated/α-hetero) is 1. The zero-order valence-electron chi connectivity index (χ0n) is 16.4. The van der Waals surface area contributed by atoms with E-state index in [1.165, 1.54) is 0 Å². The Morgan fingerprint density at radius 2 is 1.50 bits per heavy atom. The van der Waals surface area contributed by atoms with Crippen LogP contribution >= 0.6 is 0 Å². The molecular weight excluding hydrogens is 358 g/mol. The molecule has 0 aliphatic rings. The predicted molar refractivity (Wildman–Crippen MR) is 106 cm³/mol. The van der Waals surface area contributed by atoms with Crippen molar-refractivity contribution >= 4 is 17.8 Å². The molecule has 0 aliphatic heterocycles. The van der Waals surface area contributed by atoms with E-state index in [0.29, 0.717) is 5.56 Å². The van der Waals surface area contributed by atoms with E-state index in [1.807, 2.05) is 42.5 Å². The van der Waals surface area contributed by atoms with E-state index in [1.54, 1.807) is 32.9 Å². The molecule has 0 fully saturated rings. The lowest BCUT2D eigenvalue weighted by atomic mass is 10.0. The molecule has 0 atom stereocenters. The maximum atomic E-state index is 12.2. The van der Waals surface area contributed by atoms with Gasteiger partial charge in [-0.2, -0.15) is 0 Å². The minimum atomic E-state index is -0.604. The molecule has 0 radical (unpaired) electrons. The van der Waals surface area contributed by atoms with E-state index in [4.69, 9.17) is 9.47 Å². The number of alkyl carbamates (subject to hydrolysis) is 1. The maximum Gasteiger partial charge on any atom is 0.407 e. The highest BCUT2D eigenvalue weighted by Gasteiger charge is 2.16. The van der Waals surface area contributed by atoms with Crippen LogP contribution in [0.1, 0.15) is 37.6 Å². The molecule has 1 N–H and O–H groups in total. The quantitative estimate of drug-likeness (QED) is 0.577. The summed E-state index contributed by atoms with van der Waals surface area (Å²) in [5, 5.41) is 2.46. The molecule has 0 saturated carbocycles. The number of esters is 1. The van der Waals surface area contributed by atoms with Crippen LogP contribution in [0.15, 0.2) is 54.6 Å². The van der Waals surface area contributed by atoms with E-state index in [2.05, 4.69) is 5.32 Å². The van der Waals surface area contributed by atoms with E-state index >= 15 is 0 Å². The summed E-state index contributed by atoms with van der Waals surface area (Å²) in [6, 6.07) is 17.0. The second-order valence-electron chi connectivity index (χ2n) is 7.21. The van der Waals surface area contributed by atoms with Crippen LogP contribution in [-0.2, 0) is 14.3 Å². The van der Waals surface area contributed by atoms with Gasteiger partial charge in [-0.1, -0.05) is 54.6 Å². The highest BCUT2D eigenvalue weighted by atomic mass is 16.6.